The average molecular weight is 239 g/mol. The second-order valence-electron chi connectivity index (χ2n) is 3.96. The third-order valence-corrected chi connectivity index (χ3v) is 4.03. The van der Waals surface area contributed by atoms with E-state index in [1.54, 1.807) is 0 Å². The van der Waals surface area contributed by atoms with Crippen LogP contribution in [-0.4, -0.2) is 4.83 Å². The van der Waals surface area contributed by atoms with Crippen LogP contribution in [0.2, 0.25) is 0 Å². The van der Waals surface area contributed by atoms with E-state index >= 15 is 0 Å². The Hall–Kier alpha value is -0.300. The molecule has 0 aromatic heterocycles. The largest absolute Gasteiger partial charge is 0.0884 e. The quantitative estimate of drug-likeness (QED) is 0.649. The molecule has 0 bridgehead atoms. The Bertz CT molecular complexity index is 276. The lowest BCUT2D eigenvalue weighted by Gasteiger charge is -2.14. The van der Waals surface area contributed by atoms with Crippen molar-refractivity contribution in [3.8, 4) is 0 Å². The molecular weight excluding hydrogens is 224 g/mol. The zero-order valence-corrected chi connectivity index (χ0v) is 9.55. The molecule has 2 unspecified atom stereocenters. The van der Waals surface area contributed by atoms with Gasteiger partial charge in [0.2, 0.25) is 0 Å². The van der Waals surface area contributed by atoms with Gasteiger partial charge in [-0.15, -0.1) is 0 Å². The average Bonchev–Trinajstić information content (AvgIpc) is 2.53. The molecule has 1 fully saturated rings. The summed E-state index contributed by atoms with van der Waals surface area (Å²) < 4.78 is 0. The van der Waals surface area contributed by atoms with Gasteiger partial charge >= 0.3 is 0 Å². The maximum absolute atomic E-state index is 3.76. The first-order chi connectivity index (χ1) is 6.27. The summed E-state index contributed by atoms with van der Waals surface area (Å²) in [5, 5.41) is 0. The Morgan fingerprint density at radius 3 is 2.38 bits per heavy atom. The van der Waals surface area contributed by atoms with Gasteiger partial charge in [-0.1, -0.05) is 52.2 Å². The highest BCUT2D eigenvalue weighted by molar-refractivity contribution is 9.09. The van der Waals surface area contributed by atoms with Crippen molar-refractivity contribution >= 4 is 15.9 Å². The lowest BCUT2D eigenvalue weighted by molar-refractivity contribution is 0.742. The van der Waals surface area contributed by atoms with Gasteiger partial charge < -0.3 is 0 Å². The molecule has 0 heterocycles. The van der Waals surface area contributed by atoms with E-state index in [0.717, 1.165) is 5.92 Å². The van der Waals surface area contributed by atoms with Crippen molar-refractivity contribution in [2.45, 2.75) is 36.9 Å². The van der Waals surface area contributed by atoms with Crippen LogP contribution < -0.4 is 0 Å². The highest BCUT2D eigenvalue weighted by Gasteiger charge is 2.25. The van der Waals surface area contributed by atoms with E-state index in [4.69, 9.17) is 0 Å². The molecule has 1 saturated carbocycles. The predicted molar refractivity (Wildman–Crippen MR) is 60.5 cm³/mol. The van der Waals surface area contributed by atoms with Gasteiger partial charge in [-0.05, 0) is 31.2 Å². The summed E-state index contributed by atoms with van der Waals surface area (Å²) in [6.07, 6.45) is 4.05. The van der Waals surface area contributed by atoms with Crippen molar-refractivity contribution in [2.24, 2.45) is 0 Å². The van der Waals surface area contributed by atoms with Gasteiger partial charge in [-0.25, -0.2) is 0 Å². The third kappa shape index (κ3) is 1.96. The Labute approximate surface area is 88.5 Å². The van der Waals surface area contributed by atoms with Gasteiger partial charge in [-0.2, -0.15) is 0 Å². The summed E-state index contributed by atoms with van der Waals surface area (Å²) in [5.41, 5.74) is 2.86. The summed E-state index contributed by atoms with van der Waals surface area (Å²) in [4.78, 5) is 0.704. The van der Waals surface area contributed by atoms with E-state index in [-0.39, 0.29) is 0 Å². The van der Waals surface area contributed by atoms with Crippen LogP contribution in [0.1, 0.15) is 36.3 Å². The van der Waals surface area contributed by atoms with E-state index < -0.39 is 0 Å². The van der Waals surface area contributed by atoms with Gasteiger partial charge in [-0.3, -0.25) is 0 Å². The molecule has 13 heavy (non-hydrogen) atoms. The fourth-order valence-electron chi connectivity index (χ4n) is 2.10. The van der Waals surface area contributed by atoms with E-state index in [0.29, 0.717) is 4.83 Å². The normalized spacial score (nSPS) is 27.8. The fraction of sp³-hybridized carbons (Fsp3) is 0.500. The topological polar surface area (TPSA) is 0 Å². The fourth-order valence-corrected chi connectivity index (χ4v) is 3.00. The first-order valence-corrected chi connectivity index (χ1v) is 5.89. The molecule has 0 radical (unpaired) electrons. The number of hydrogen-bond acceptors (Lipinski definition) is 0. The molecule has 2 rings (SSSR count). The van der Waals surface area contributed by atoms with Gasteiger partial charge in [0, 0.05) is 4.83 Å². The molecule has 0 amide bonds. The van der Waals surface area contributed by atoms with Crippen LogP contribution in [0.3, 0.4) is 0 Å². The number of aryl methyl sites for hydroxylation is 1. The summed E-state index contributed by atoms with van der Waals surface area (Å²) >= 11 is 3.76. The minimum Gasteiger partial charge on any atom is -0.0884 e. The standard InChI is InChI=1S/C12H15Br/c1-9-5-7-10(8-6-9)11-3-2-4-12(11)13/h5-8,11-12H,2-4H2,1H3. The molecule has 1 aliphatic carbocycles. The molecule has 0 nitrogen and oxygen atoms in total. The van der Waals surface area contributed by atoms with E-state index in [1.165, 1.54) is 30.4 Å². The van der Waals surface area contributed by atoms with Crippen LogP contribution in [0.15, 0.2) is 24.3 Å². The van der Waals surface area contributed by atoms with Crippen molar-refractivity contribution in [3.05, 3.63) is 35.4 Å². The molecule has 0 spiro atoms. The Morgan fingerprint density at radius 1 is 1.15 bits per heavy atom. The molecule has 1 aliphatic rings. The van der Waals surface area contributed by atoms with Crippen LogP contribution in [-0.2, 0) is 0 Å². The molecule has 1 aromatic carbocycles. The predicted octanol–water partition coefficient (Wildman–Crippen LogP) is 4.03. The monoisotopic (exact) mass is 238 g/mol. The van der Waals surface area contributed by atoms with Crippen LogP contribution >= 0.6 is 15.9 Å². The molecule has 0 N–H and O–H groups in total. The van der Waals surface area contributed by atoms with Crippen molar-refractivity contribution in [1.29, 1.82) is 0 Å². The number of benzene rings is 1. The molecule has 0 saturated heterocycles. The van der Waals surface area contributed by atoms with Crippen molar-refractivity contribution in [1.82, 2.24) is 0 Å². The maximum atomic E-state index is 3.76. The van der Waals surface area contributed by atoms with Gasteiger partial charge in [0.15, 0.2) is 0 Å². The highest BCUT2D eigenvalue weighted by Crippen LogP contribution is 2.38. The zero-order chi connectivity index (χ0) is 9.26. The maximum Gasteiger partial charge on any atom is 0.0214 e. The lowest BCUT2D eigenvalue weighted by Crippen LogP contribution is -2.03. The van der Waals surface area contributed by atoms with Crippen LogP contribution in [0.25, 0.3) is 0 Å². The highest BCUT2D eigenvalue weighted by atomic mass is 79.9. The van der Waals surface area contributed by atoms with E-state index in [2.05, 4.69) is 47.1 Å². The number of alkyl halides is 1. The van der Waals surface area contributed by atoms with E-state index in [1.807, 2.05) is 0 Å². The van der Waals surface area contributed by atoms with Gasteiger partial charge in [0.1, 0.15) is 0 Å². The second-order valence-corrected chi connectivity index (χ2v) is 5.14. The minimum absolute atomic E-state index is 0.704. The zero-order valence-electron chi connectivity index (χ0n) is 7.96. The molecule has 1 heteroatoms. The second kappa shape index (κ2) is 3.83. The summed E-state index contributed by atoms with van der Waals surface area (Å²) in [5.74, 6) is 0.751. The Balaban J connectivity index is 2.20. The SMILES string of the molecule is Cc1ccc(C2CCCC2Br)cc1. The molecule has 70 valence electrons. The Morgan fingerprint density at radius 2 is 1.85 bits per heavy atom. The molecule has 0 aliphatic heterocycles. The third-order valence-electron chi connectivity index (χ3n) is 2.94. The lowest BCUT2D eigenvalue weighted by atomic mass is 9.97. The van der Waals surface area contributed by atoms with Gasteiger partial charge in [0.05, 0.1) is 0 Å². The van der Waals surface area contributed by atoms with Crippen LogP contribution in [0.5, 0.6) is 0 Å². The first-order valence-electron chi connectivity index (χ1n) is 4.98. The number of halogens is 1. The summed E-state index contributed by atoms with van der Waals surface area (Å²) in [7, 11) is 0. The van der Waals surface area contributed by atoms with Gasteiger partial charge in [0.25, 0.3) is 0 Å². The molecular formula is C12H15Br. The van der Waals surface area contributed by atoms with Crippen molar-refractivity contribution in [3.63, 3.8) is 0 Å². The minimum atomic E-state index is 0.704. The molecule has 2 atom stereocenters. The summed E-state index contributed by atoms with van der Waals surface area (Å²) in [6.45, 7) is 2.14. The Kier molecular flexibility index (Phi) is 2.73. The van der Waals surface area contributed by atoms with Crippen molar-refractivity contribution in [2.75, 3.05) is 0 Å². The van der Waals surface area contributed by atoms with Crippen LogP contribution in [0, 0.1) is 6.92 Å². The number of rotatable bonds is 1. The summed E-state index contributed by atoms with van der Waals surface area (Å²) in [6, 6.07) is 8.99. The van der Waals surface area contributed by atoms with Crippen molar-refractivity contribution < 1.29 is 0 Å². The van der Waals surface area contributed by atoms with E-state index in [9.17, 15) is 0 Å². The smallest absolute Gasteiger partial charge is 0.0214 e. The number of hydrogen-bond donors (Lipinski definition) is 0. The molecule has 1 aromatic rings. The first kappa shape index (κ1) is 9.26. The van der Waals surface area contributed by atoms with Crippen LogP contribution in [0.4, 0.5) is 0 Å².